The van der Waals surface area contributed by atoms with Gasteiger partial charge in [-0.1, -0.05) is 176 Å². The molecule has 0 amide bonds. The number of hydrogen-bond donors (Lipinski definition) is 0. The summed E-state index contributed by atoms with van der Waals surface area (Å²) in [6.45, 7) is 0. The SMILES string of the molecule is c1ccc(N(c2ccc(-c3ccc(-c4cccc5ccccc45)cc3)cc2)c2ccc3c(c2)C2(c4ccccc4-c4ccccc42)c2ccccc2-3)cc1. The van der Waals surface area contributed by atoms with Gasteiger partial charge in [-0.05, 0) is 114 Å². The third-order valence-electron chi connectivity index (χ3n) is 11.7. The van der Waals surface area contributed by atoms with Gasteiger partial charge >= 0.3 is 0 Å². The molecule has 1 nitrogen and oxygen atoms in total. The van der Waals surface area contributed by atoms with Crippen LogP contribution in [0.5, 0.6) is 0 Å². The van der Waals surface area contributed by atoms with Gasteiger partial charge in [0.05, 0.1) is 5.41 Å². The zero-order valence-electron chi connectivity index (χ0n) is 29.7. The molecule has 0 fully saturated rings. The van der Waals surface area contributed by atoms with Crippen LogP contribution < -0.4 is 4.90 Å². The van der Waals surface area contributed by atoms with Crippen molar-refractivity contribution in [1.82, 2.24) is 0 Å². The lowest BCUT2D eigenvalue weighted by Gasteiger charge is -2.32. The van der Waals surface area contributed by atoms with E-state index in [1.807, 2.05) is 0 Å². The van der Waals surface area contributed by atoms with Crippen LogP contribution in [0.4, 0.5) is 17.1 Å². The molecule has 9 aromatic rings. The summed E-state index contributed by atoms with van der Waals surface area (Å²) >= 11 is 0. The summed E-state index contributed by atoms with van der Waals surface area (Å²) in [4.78, 5) is 2.40. The van der Waals surface area contributed by atoms with E-state index in [4.69, 9.17) is 0 Å². The van der Waals surface area contributed by atoms with Crippen molar-refractivity contribution >= 4 is 27.8 Å². The van der Waals surface area contributed by atoms with Crippen molar-refractivity contribution in [3.8, 4) is 44.5 Å². The molecule has 11 rings (SSSR count). The average Bonchev–Trinajstić information content (AvgIpc) is 3.71. The van der Waals surface area contributed by atoms with E-state index >= 15 is 0 Å². The monoisotopic (exact) mass is 685 g/mol. The third kappa shape index (κ3) is 4.45. The number of rotatable bonds is 5. The highest BCUT2D eigenvalue weighted by Crippen LogP contribution is 2.63. The lowest BCUT2D eigenvalue weighted by Crippen LogP contribution is -2.26. The van der Waals surface area contributed by atoms with Gasteiger partial charge in [-0.3, -0.25) is 0 Å². The topological polar surface area (TPSA) is 3.24 Å². The normalized spacial score (nSPS) is 13.0. The molecule has 252 valence electrons. The van der Waals surface area contributed by atoms with E-state index in [0.29, 0.717) is 0 Å². The zero-order chi connectivity index (χ0) is 35.6. The summed E-state index contributed by atoms with van der Waals surface area (Å²) in [6.07, 6.45) is 0. The first kappa shape index (κ1) is 30.6. The summed E-state index contributed by atoms with van der Waals surface area (Å²) in [5.74, 6) is 0. The van der Waals surface area contributed by atoms with Crippen molar-refractivity contribution < 1.29 is 0 Å². The Kier molecular flexibility index (Phi) is 6.84. The minimum absolute atomic E-state index is 0.389. The second kappa shape index (κ2) is 12.0. The van der Waals surface area contributed by atoms with E-state index in [1.54, 1.807) is 0 Å². The maximum absolute atomic E-state index is 2.46. The number of benzene rings is 9. The standard InChI is InChI=1S/C53H35N/c1-2-15-40(16-3-1)54(41-31-29-37(30-32-41)36-25-27-39(28-26-36)44-21-12-14-38-13-4-5-17-43(38)44)42-33-34-48-47-20-8-11-24-51(47)53(52(48)35-42)49-22-9-6-18-45(49)46-19-7-10-23-50(46)53/h1-35H. The number of anilines is 3. The van der Waals surface area contributed by atoms with Crippen LogP contribution >= 0.6 is 0 Å². The fourth-order valence-corrected chi connectivity index (χ4v) is 9.37. The van der Waals surface area contributed by atoms with Crippen LogP contribution in [-0.4, -0.2) is 0 Å². The Morgan fingerprint density at radius 3 is 1.37 bits per heavy atom. The van der Waals surface area contributed by atoms with Crippen LogP contribution in [0.15, 0.2) is 212 Å². The number of hydrogen-bond acceptors (Lipinski definition) is 1. The maximum atomic E-state index is 2.46. The molecule has 0 saturated carbocycles. The first-order valence-corrected chi connectivity index (χ1v) is 18.8. The van der Waals surface area contributed by atoms with E-state index in [-0.39, 0.29) is 5.41 Å². The predicted molar refractivity (Wildman–Crippen MR) is 226 cm³/mol. The molecule has 0 atom stereocenters. The minimum Gasteiger partial charge on any atom is -0.310 e. The minimum atomic E-state index is -0.389. The Morgan fingerprint density at radius 2 is 0.722 bits per heavy atom. The Hall–Kier alpha value is -6.96. The van der Waals surface area contributed by atoms with Crippen molar-refractivity contribution in [3.05, 3.63) is 235 Å². The maximum Gasteiger partial charge on any atom is 0.0726 e. The molecule has 0 N–H and O–H groups in total. The van der Waals surface area contributed by atoms with Gasteiger partial charge in [0.15, 0.2) is 0 Å². The molecule has 0 saturated heterocycles. The van der Waals surface area contributed by atoms with Gasteiger partial charge in [0.25, 0.3) is 0 Å². The number of para-hydroxylation sites is 1. The predicted octanol–water partition coefficient (Wildman–Crippen LogP) is 14.0. The summed E-state index contributed by atoms with van der Waals surface area (Å²) in [6, 6.07) is 78.1. The molecule has 0 heterocycles. The molecule has 0 aliphatic heterocycles. The van der Waals surface area contributed by atoms with E-state index in [0.717, 1.165) is 17.1 Å². The summed E-state index contributed by atoms with van der Waals surface area (Å²) in [5, 5.41) is 2.54. The Bertz CT molecular complexity index is 2800. The molecule has 54 heavy (non-hydrogen) atoms. The summed E-state index contributed by atoms with van der Waals surface area (Å²) in [5.41, 5.74) is 18.5. The van der Waals surface area contributed by atoms with Crippen LogP contribution in [-0.2, 0) is 5.41 Å². The van der Waals surface area contributed by atoms with Gasteiger partial charge < -0.3 is 4.90 Å². The molecule has 0 aromatic heterocycles. The molecular formula is C53H35N. The molecule has 1 heteroatoms. The van der Waals surface area contributed by atoms with Gasteiger partial charge in [-0.2, -0.15) is 0 Å². The third-order valence-corrected chi connectivity index (χ3v) is 11.7. The molecule has 9 aromatic carbocycles. The molecule has 0 radical (unpaired) electrons. The molecule has 0 bridgehead atoms. The van der Waals surface area contributed by atoms with Gasteiger partial charge in [0.2, 0.25) is 0 Å². The quantitative estimate of drug-likeness (QED) is 0.174. The van der Waals surface area contributed by atoms with E-state index in [1.165, 1.54) is 77.5 Å². The fourth-order valence-electron chi connectivity index (χ4n) is 9.37. The highest BCUT2D eigenvalue weighted by Gasteiger charge is 2.51. The summed E-state index contributed by atoms with van der Waals surface area (Å²) < 4.78 is 0. The van der Waals surface area contributed by atoms with Crippen molar-refractivity contribution in [2.45, 2.75) is 5.41 Å². The van der Waals surface area contributed by atoms with Gasteiger partial charge in [-0.15, -0.1) is 0 Å². The molecule has 0 unspecified atom stereocenters. The van der Waals surface area contributed by atoms with Crippen LogP contribution in [0.3, 0.4) is 0 Å². The lowest BCUT2D eigenvalue weighted by molar-refractivity contribution is 0.793. The van der Waals surface area contributed by atoms with E-state index in [2.05, 4.69) is 217 Å². The average molecular weight is 686 g/mol. The smallest absolute Gasteiger partial charge is 0.0726 e. The van der Waals surface area contributed by atoms with Gasteiger partial charge in [-0.25, -0.2) is 0 Å². The first-order valence-electron chi connectivity index (χ1n) is 18.8. The largest absolute Gasteiger partial charge is 0.310 e. The highest BCUT2D eigenvalue weighted by molar-refractivity contribution is 5.98. The number of fused-ring (bicyclic) bond motifs is 11. The van der Waals surface area contributed by atoms with E-state index < -0.39 is 0 Å². The summed E-state index contributed by atoms with van der Waals surface area (Å²) in [7, 11) is 0. The molecule has 2 aliphatic carbocycles. The van der Waals surface area contributed by atoms with Crippen LogP contribution in [0.1, 0.15) is 22.3 Å². The molecular weight excluding hydrogens is 651 g/mol. The van der Waals surface area contributed by atoms with E-state index in [9.17, 15) is 0 Å². The second-order valence-corrected chi connectivity index (χ2v) is 14.4. The van der Waals surface area contributed by atoms with Crippen LogP contribution in [0.25, 0.3) is 55.3 Å². The van der Waals surface area contributed by atoms with Crippen molar-refractivity contribution in [3.63, 3.8) is 0 Å². The van der Waals surface area contributed by atoms with Crippen LogP contribution in [0.2, 0.25) is 0 Å². The molecule has 2 aliphatic rings. The Labute approximate surface area is 316 Å². The first-order chi connectivity index (χ1) is 26.8. The Balaban J connectivity index is 1.02. The highest BCUT2D eigenvalue weighted by atomic mass is 15.1. The zero-order valence-corrected chi connectivity index (χ0v) is 29.7. The number of nitrogens with zero attached hydrogens (tertiary/aromatic N) is 1. The van der Waals surface area contributed by atoms with Crippen molar-refractivity contribution in [2.24, 2.45) is 0 Å². The van der Waals surface area contributed by atoms with Crippen molar-refractivity contribution in [2.75, 3.05) is 4.90 Å². The van der Waals surface area contributed by atoms with Crippen molar-refractivity contribution in [1.29, 1.82) is 0 Å². The molecule has 1 spiro atoms. The van der Waals surface area contributed by atoms with Gasteiger partial charge in [0.1, 0.15) is 0 Å². The van der Waals surface area contributed by atoms with Crippen LogP contribution in [0, 0.1) is 0 Å². The fraction of sp³-hybridized carbons (Fsp3) is 0.0189. The van der Waals surface area contributed by atoms with Gasteiger partial charge in [0, 0.05) is 17.1 Å². The second-order valence-electron chi connectivity index (χ2n) is 14.4. The lowest BCUT2D eigenvalue weighted by atomic mass is 9.70. The Morgan fingerprint density at radius 1 is 0.278 bits per heavy atom.